The molecule has 0 bridgehead atoms. The van der Waals surface area contributed by atoms with Crippen molar-refractivity contribution in [2.45, 2.75) is 76.9 Å². The molecule has 0 unspecified atom stereocenters. The molecule has 1 heterocycles. The van der Waals surface area contributed by atoms with Crippen LogP contribution in [0.25, 0.3) is 0 Å². The Balaban J connectivity index is 1.68. The Morgan fingerprint density at radius 2 is 1.65 bits per heavy atom. The lowest BCUT2D eigenvalue weighted by Gasteiger charge is -2.40. The number of unbranched alkanes of at least 4 members (excludes halogenated alkanes) is 1. The van der Waals surface area contributed by atoms with Crippen LogP contribution in [0.15, 0.2) is 0 Å². The molecule has 1 saturated heterocycles. The number of hydrogen-bond donors (Lipinski definition) is 0. The Morgan fingerprint density at radius 3 is 2.24 bits per heavy atom. The fourth-order valence-corrected chi connectivity index (χ4v) is 3.50. The van der Waals surface area contributed by atoms with E-state index in [0.717, 1.165) is 31.6 Å². The first-order valence-electron chi connectivity index (χ1n) is 7.67. The first-order chi connectivity index (χ1) is 8.29. The minimum absolute atomic E-state index is 0.506. The highest BCUT2D eigenvalue weighted by molar-refractivity contribution is 4.83. The molecule has 1 aliphatic heterocycles. The van der Waals surface area contributed by atoms with Crippen molar-refractivity contribution >= 4 is 0 Å². The molecule has 0 aromatic heterocycles. The van der Waals surface area contributed by atoms with Crippen LogP contribution in [0, 0.1) is 5.92 Å². The van der Waals surface area contributed by atoms with Gasteiger partial charge in [0.25, 0.3) is 0 Å². The second-order valence-electron chi connectivity index (χ2n) is 6.03. The fraction of sp³-hybridized carbons (Fsp3) is 1.00. The summed E-state index contributed by atoms with van der Waals surface area (Å²) in [6.07, 6.45) is 10.2. The first kappa shape index (κ1) is 13.3. The van der Waals surface area contributed by atoms with Crippen LogP contribution in [0.3, 0.4) is 0 Å². The fourth-order valence-electron chi connectivity index (χ4n) is 3.50. The van der Waals surface area contributed by atoms with Gasteiger partial charge in [0.15, 0.2) is 0 Å². The standard InChI is InChI=1S/C15H28FN/c1-2-3-4-13-9-11-17(12-10-13)15-7-5-14(16)6-8-15/h13-15H,2-12H2,1H3/t14-,15-. The van der Waals surface area contributed by atoms with Crippen LogP contribution in [-0.4, -0.2) is 30.2 Å². The molecule has 2 aliphatic rings. The summed E-state index contributed by atoms with van der Waals surface area (Å²) in [4.78, 5) is 2.65. The molecule has 1 saturated carbocycles. The molecular weight excluding hydrogens is 213 g/mol. The number of halogens is 1. The Kier molecular flexibility index (Phi) is 5.27. The summed E-state index contributed by atoms with van der Waals surface area (Å²) in [7, 11) is 0. The summed E-state index contributed by atoms with van der Waals surface area (Å²) >= 11 is 0. The normalized spacial score (nSPS) is 32.8. The maximum Gasteiger partial charge on any atom is 0.100 e. The van der Waals surface area contributed by atoms with Crippen molar-refractivity contribution in [3.8, 4) is 0 Å². The number of rotatable bonds is 4. The summed E-state index contributed by atoms with van der Waals surface area (Å²) in [6, 6.07) is 0.703. The summed E-state index contributed by atoms with van der Waals surface area (Å²) in [5, 5.41) is 0. The Labute approximate surface area is 106 Å². The van der Waals surface area contributed by atoms with Crippen molar-refractivity contribution in [2.24, 2.45) is 5.92 Å². The molecule has 2 rings (SSSR count). The second-order valence-corrected chi connectivity index (χ2v) is 6.03. The van der Waals surface area contributed by atoms with Gasteiger partial charge in [0.05, 0.1) is 0 Å². The van der Waals surface area contributed by atoms with Crippen molar-refractivity contribution in [1.82, 2.24) is 4.90 Å². The molecule has 0 aromatic carbocycles. The van der Waals surface area contributed by atoms with E-state index in [9.17, 15) is 4.39 Å². The highest BCUT2D eigenvalue weighted by Gasteiger charge is 2.28. The van der Waals surface area contributed by atoms with Gasteiger partial charge in [0.2, 0.25) is 0 Å². The van der Waals surface area contributed by atoms with E-state index in [-0.39, 0.29) is 0 Å². The van der Waals surface area contributed by atoms with Gasteiger partial charge in [-0.2, -0.15) is 0 Å². The minimum Gasteiger partial charge on any atom is -0.300 e. The second kappa shape index (κ2) is 6.72. The van der Waals surface area contributed by atoms with E-state index in [1.54, 1.807) is 0 Å². The number of piperidine rings is 1. The van der Waals surface area contributed by atoms with E-state index in [4.69, 9.17) is 0 Å². The van der Waals surface area contributed by atoms with Gasteiger partial charge in [-0.3, -0.25) is 0 Å². The van der Waals surface area contributed by atoms with Crippen LogP contribution < -0.4 is 0 Å². The molecular formula is C15H28FN. The maximum atomic E-state index is 13.1. The number of nitrogens with zero attached hydrogens (tertiary/aromatic N) is 1. The Bertz CT molecular complexity index is 203. The van der Waals surface area contributed by atoms with Crippen LogP contribution in [0.2, 0.25) is 0 Å². The third-order valence-electron chi connectivity index (χ3n) is 4.76. The van der Waals surface area contributed by atoms with E-state index in [1.807, 2.05) is 0 Å². The lowest BCUT2D eigenvalue weighted by Crippen LogP contribution is -2.43. The summed E-state index contributed by atoms with van der Waals surface area (Å²) < 4.78 is 13.1. The van der Waals surface area contributed by atoms with E-state index < -0.39 is 6.17 Å². The molecule has 2 heteroatoms. The smallest absolute Gasteiger partial charge is 0.100 e. The predicted octanol–water partition coefficient (Wildman–Crippen LogP) is 4.17. The van der Waals surface area contributed by atoms with Crippen molar-refractivity contribution in [3.63, 3.8) is 0 Å². The molecule has 0 radical (unpaired) electrons. The summed E-state index contributed by atoms with van der Waals surface area (Å²) in [5.74, 6) is 0.976. The van der Waals surface area contributed by atoms with Gasteiger partial charge in [0.1, 0.15) is 6.17 Å². The third kappa shape index (κ3) is 3.94. The Morgan fingerprint density at radius 1 is 1.00 bits per heavy atom. The largest absolute Gasteiger partial charge is 0.300 e. The van der Waals surface area contributed by atoms with Crippen LogP contribution in [0.1, 0.15) is 64.7 Å². The van der Waals surface area contributed by atoms with Gasteiger partial charge in [-0.25, -0.2) is 4.39 Å². The molecule has 0 amide bonds. The molecule has 1 nitrogen and oxygen atoms in total. The van der Waals surface area contributed by atoms with E-state index in [2.05, 4.69) is 11.8 Å². The van der Waals surface area contributed by atoms with Crippen LogP contribution >= 0.6 is 0 Å². The highest BCUT2D eigenvalue weighted by Crippen LogP contribution is 2.29. The van der Waals surface area contributed by atoms with Gasteiger partial charge < -0.3 is 4.90 Å². The van der Waals surface area contributed by atoms with Gasteiger partial charge in [-0.15, -0.1) is 0 Å². The molecule has 100 valence electrons. The van der Waals surface area contributed by atoms with Gasteiger partial charge in [-0.05, 0) is 57.5 Å². The van der Waals surface area contributed by atoms with Gasteiger partial charge in [0, 0.05) is 6.04 Å². The minimum atomic E-state index is -0.506. The zero-order valence-corrected chi connectivity index (χ0v) is 11.3. The van der Waals surface area contributed by atoms with E-state index in [0.29, 0.717) is 6.04 Å². The molecule has 0 atom stereocenters. The quantitative estimate of drug-likeness (QED) is 0.714. The van der Waals surface area contributed by atoms with Crippen molar-refractivity contribution in [1.29, 1.82) is 0 Å². The summed E-state index contributed by atoms with van der Waals surface area (Å²) in [6.45, 7) is 4.83. The SMILES string of the molecule is CCCCC1CCN([C@H]2CC[C@H](F)CC2)CC1. The van der Waals surface area contributed by atoms with Gasteiger partial charge >= 0.3 is 0 Å². The third-order valence-corrected chi connectivity index (χ3v) is 4.76. The lowest BCUT2D eigenvalue weighted by atomic mass is 9.87. The number of hydrogen-bond acceptors (Lipinski definition) is 1. The molecule has 1 aliphatic carbocycles. The molecule has 0 spiro atoms. The zero-order valence-electron chi connectivity index (χ0n) is 11.3. The van der Waals surface area contributed by atoms with Crippen LogP contribution in [-0.2, 0) is 0 Å². The number of likely N-dealkylation sites (tertiary alicyclic amines) is 1. The van der Waals surface area contributed by atoms with E-state index >= 15 is 0 Å². The van der Waals surface area contributed by atoms with Crippen LogP contribution in [0.5, 0.6) is 0 Å². The van der Waals surface area contributed by atoms with Crippen molar-refractivity contribution in [2.75, 3.05) is 13.1 Å². The maximum absolute atomic E-state index is 13.1. The van der Waals surface area contributed by atoms with Crippen LogP contribution in [0.4, 0.5) is 4.39 Å². The predicted molar refractivity (Wildman–Crippen MR) is 71.0 cm³/mol. The monoisotopic (exact) mass is 241 g/mol. The van der Waals surface area contributed by atoms with E-state index in [1.165, 1.54) is 45.2 Å². The average Bonchev–Trinajstić information content (AvgIpc) is 2.38. The van der Waals surface area contributed by atoms with Crippen molar-refractivity contribution < 1.29 is 4.39 Å². The molecule has 2 fully saturated rings. The molecule has 0 aromatic rings. The molecule has 17 heavy (non-hydrogen) atoms. The topological polar surface area (TPSA) is 3.24 Å². The number of alkyl halides is 1. The lowest BCUT2D eigenvalue weighted by molar-refractivity contribution is 0.0835. The highest BCUT2D eigenvalue weighted by atomic mass is 19.1. The summed E-state index contributed by atoms with van der Waals surface area (Å²) in [5.41, 5.74) is 0. The average molecular weight is 241 g/mol. The Hall–Kier alpha value is -0.110. The van der Waals surface area contributed by atoms with Crippen molar-refractivity contribution in [3.05, 3.63) is 0 Å². The van der Waals surface area contributed by atoms with Gasteiger partial charge in [-0.1, -0.05) is 26.2 Å². The zero-order chi connectivity index (χ0) is 12.1. The first-order valence-corrected chi connectivity index (χ1v) is 7.67. The molecule has 0 N–H and O–H groups in total.